The molecule has 0 aliphatic carbocycles. The van der Waals surface area contributed by atoms with E-state index in [9.17, 15) is 8.42 Å². The summed E-state index contributed by atoms with van der Waals surface area (Å²) in [5.41, 5.74) is 1.87. The Labute approximate surface area is 172 Å². The third-order valence-electron chi connectivity index (χ3n) is 5.69. The van der Waals surface area contributed by atoms with E-state index in [0.717, 1.165) is 44.3 Å². The summed E-state index contributed by atoms with van der Waals surface area (Å²) >= 11 is 0. The Hall–Kier alpha value is -2.28. The number of nitrogens with one attached hydrogen (secondary N) is 1. The molecule has 0 bridgehead atoms. The van der Waals surface area contributed by atoms with Crippen molar-refractivity contribution in [3.8, 4) is 0 Å². The Kier molecular flexibility index (Phi) is 6.23. The van der Waals surface area contributed by atoms with Crippen molar-refractivity contribution in [2.24, 2.45) is 5.92 Å². The fourth-order valence-electron chi connectivity index (χ4n) is 4.04. The van der Waals surface area contributed by atoms with Gasteiger partial charge >= 0.3 is 0 Å². The summed E-state index contributed by atoms with van der Waals surface area (Å²) in [6, 6.07) is 19.5. The first-order valence-corrected chi connectivity index (χ1v) is 11.7. The lowest BCUT2D eigenvalue weighted by Gasteiger charge is -2.32. The Bertz CT molecular complexity index is 1040. The smallest absolute Gasteiger partial charge is 0.242 e. The van der Waals surface area contributed by atoms with E-state index in [-0.39, 0.29) is 4.90 Å². The van der Waals surface area contributed by atoms with Crippen molar-refractivity contribution < 1.29 is 8.42 Å². The van der Waals surface area contributed by atoms with Gasteiger partial charge in [-0.3, -0.25) is 9.88 Å². The molecular weight excluding hydrogens is 382 g/mol. The second-order valence-electron chi connectivity index (χ2n) is 7.72. The number of piperidine rings is 1. The molecule has 0 spiro atoms. The van der Waals surface area contributed by atoms with Crippen molar-refractivity contribution >= 4 is 20.9 Å². The van der Waals surface area contributed by atoms with Crippen LogP contribution in [0.1, 0.15) is 24.8 Å². The largest absolute Gasteiger partial charge is 0.299 e. The summed E-state index contributed by atoms with van der Waals surface area (Å²) in [4.78, 5) is 7.00. The molecule has 1 aliphatic rings. The number of pyridine rings is 1. The fraction of sp³-hybridized carbons (Fsp3) is 0.348. The van der Waals surface area contributed by atoms with Gasteiger partial charge in [-0.25, -0.2) is 13.1 Å². The number of hydrogen-bond donors (Lipinski definition) is 1. The van der Waals surface area contributed by atoms with Crippen LogP contribution in [0, 0.1) is 5.92 Å². The van der Waals surface area contributed by atoms with Crippen molar-refractivity contribution in [2.75, 3.05) is 19.6 Å². The highest BCUT2D eigenvalue weighted by atomic mass is 32.2. The van der Waals surface area contributed by atoms with Crippen molar-refractivity contribution in [3.05, 3.63) is 72.4 Å². The number of rotatable bonds is 7. The summed E-state index contributed by atoms with van der Waals surface area (Å²) in [5, 5.41) is 0.834. The maximum Gasteiger partial charge on any atom is 0.242 e. The van der Waals surface area contributed by atoms with Crippen LogP contribution in [0.2, 0.25) is 0 Å². The number of para-hydroxylation sites is 1. The van der Waals surface area contributed by atoms with E-state index in [2.05, 4.69) is 38.9 Å². The number of nitrogens with zero attached hydrogens (tertiary/aromatic N) is 2. The van der Waals surface area contributed by atoms with E-state index < -0.39 is 10.0 Å². The lowest BCUT2D eigenvalue weighted by Crippen LogP contribution is -2.34. The SMILES string of the molecule is O=S(=O)(NCCC1CCN(Cc2ccccc2)CC1)c1cccc2cccnc12. The molecule has 4 rings (SSSR count). The van der Waals surface area contributed by atoms with Crippen LogP contribution in [-0.4, -0.2) is 37.9 Å². The fourth-order valence-corrected chi connectivity index (χ4v) is 5.27. The molecule has 0 radical (unpaired) electrons. The first kappa shape index (κ1) is 20.0. The minimum absolute atomic E-state index is 0.258. The summed E-state index contributed by atoms with van der Waals surface area (Å²) in [6.45, 7) is 3.60. The molecule has 3 aromatic rings. The quantitative estimate of drug-likeness (QED) is 0.644. The van der Waals surface area contributed by atoms with Crippen LogP contribution in [0.25, 0.3) is 10.9 Å². The third-order valence-corrected chi connectivity index (χ3v) is 7.18. The molecule has 152 valence electrons. The molecule has 1 fully saturated rings. The monoisotopic (exact) mass is 409 g/mol. The van der Waals surface area contributed by atoms with Gasteiger partial charge in [0.2, 0.25) is 10.0 Å². The molecule has 2 heterocycles. The molecular formula is C23H27N3O2S. The Morgan fingerprint density at radius 1 is 0.966 bits per heavy atom. The summed E-state index contributed by atoms with van der Waals surface area (Å²) < 4.78 is 28.4. The van der Waals surface area contributed by atoms with Gasteiger partial charge in [0.25, 0.3) is 0 Å². The maximum absolute atomic E-state index is 12.8. The zero-order valence-corrected chi connectivity index (χ0v) is 17.3. The van der Waals surface area contributed by atoms with Gasteiger partial charge in [0.1, 0.15) is 4.90 Å². The predicted molar refractivity (Wildman–Crippen MR) is 116 cm³/mol. The van der Waals surface area contributed by atoms with E-state index >= 15 is 0 Å². The predicted octanol–water partition coefficient (Wildman–Crippen LogP) is 3.82. The summed E-state index contributed by atoms with van der Waals surface area (Å²) in [6.07, 6.45) is 4.73. The van der Waals surface area contributed by atoms with Crippen LogP contribution >= 0.6 is 0 Å². The van der Waals surface area contributed by atoms with E-state index in [1.165, 1.54) is 5.56 Å². The number of fused-ring (bicyclic) bond motifs is 1. The first-order chi connectivity index (χ1) is 14.1. The Morgan fingerprint density at radius 2 is 1.72 bits per heavy atom. The van der Waals surface area contributed by atoms with Crippen LogP contribution in [0.5, 0.6) is 0 Å². The molecule has 29 heavy (non-hydrogen) atoms. The standard InChI is InChI=1S/C23H27N3O2S/c27-29(28,22-10-4-8-21-9-5-14-24-23(21)22)25-15-11-19-12-16-26(17-13-19)18-20-6-2-1-3-7-20/h1-10,14,19,25H,11-13,15-18H2. The highest BCUT2D eigenvalue weighted by Crippen LogP contribution is 2.23. The zero-order chi connectivity index (χ0) is 20.1. The van der Waals surface area contributed by atoms with Gasteiger partial charge in [-0.05, 0) is 56.0 Å². The van der Waals surface area contributed by atoms with Crippen molar-refractivity contribution in [1.82, 2.24) is 14.6 Å². The Balaban J connectivity index is 1.28. The number of benzene rings is 2. The second kappa shape index (κ2) is 9.03. The summed E-state index contributed by atoms with van der Waals surface area (Å²) in [5.74, 6) is 0.565. The van der Waals surface area contributed by atoms with Crippen molar-refractivity contribution in [2.45, 2.75) is 30.7 Å². The Morgan fingerprint density at radius 3 is 2.52 bits per heavy atom. The van der Waals surface area contributed by atoms with E-state index in [1.807, 2.05) is 24.3 Å². The molecule has 1 saturated heterocycles. The third kappa shape index (κ3) is 5.01. The number of aromatic nitrogens is 1. The van der Waals surface area contributed by atoms with Gasteiger partial charge in [0.15, 0.2) is 0 Å². The molecule has 0 saturated carbocycles. The van der Waals surface area contributed by atoms with E-state index in [1.54, 1.807) is 18.3 Å². The highest BCUT2D eigenvalue weighted by molar-refractivity contribution is 7.89. The average Bonchev–Trinajstić information content (AvgIpc) is 2.75. The molecule has 0 atom stereocenters. The van der Waals surface area contributed by atoms with Gasteiger partial charge < -0.3 is 0 Å². The van der Waals surface area contributed by atoms with E-state index in [4.69, 9.17) is 0 Å². The normalized spacial score (nSPS) is 16.3. The van der Waals surface area contributed by atoms with Crippen molar-refractivity contribution in [3.63, 3.8) is 0 Å². The van der Waals surface area contributed by atoms with Crippen molar-refractivity contribution in [1.29, 1.82) is 0 Å². The molecule has 1 N–H and O–H groups in total. The van der Waals surface area contributed by atoms with Crippen LogP contribution in [0.15, 0.2) is 71.8 Å². The zero-order valence-electron chi connectivity index (χ0n) is 16.5. The molecule has 1 aromatic heterocycles. The molecule has 6 heteroatoms. The molecule has 2 aromatic carbocycles. The van der Waals surface area contributed by atoms with Gasteiger partial charge in [0, 0.05) is 24.7 Å². The molecule has 0 amide bonds. The summed E-state index contributed by atoms with van der Waals surface area (Å²) in [7, 11) is -3.56. The second-order valence-corrected chi connectivity index (χ2v) is 9.46. The highest BCUT2D eigenvalue weighted by Gasteiger charge is 2.21. The van der Waals surface area contributed by atoms with Crippen LogP contribution in [0.4, 0.5) is 0 Å². The molecule has 1 aliphatic heterocycles. The van der Waals surface area contributed by atoms with Gasteiger partial charge in [-0.1, -0.05) is 48.5 Å². The lowest BCUT2D eigenvalue weighted by molar-refractivity contribution is 0.173. The molecule has 5 nitrogen and oxygen atoms in total. The van der Waals surface area contributed by atoms with Gasteiger partial charge in [-0.2, -0.15) is 0 Å². The number of sulfonamides is 1. The lowest BCUT2D eigenvalue weighted by atomic mass is 9.93. The van der Waals surface area contributed by atoms with Crippen LogP contribution in [0.3, 0.4) is 0 Å². The van der Waals surface area contributed by atoms with Crippen LogP contribution in [-0.2, 0) is 16.6 Å². The van der Waals surface area contributed by atoms with E-state index in [0.29, 0.717) is 18.0 Å². The average molecular weight is 410 g/mol. The van der Waals surface area contributed by atoms with Gasteiger partial charge in [-0.15, -0.1) is 0 Å². The topological polar surface area (TPSA) is 62.3 Å². The van der Waals surface area contributed by atoms with Gasteiger partial charge in [0.05, 0.1) is 5.52 Å². The molecule has 0 unspecified atom stereocenters. The first-order valence-electron chi connectivity index (χ1n) is 10.2. The number of hydrogen-bond acceptors (Lipinski definition) is 4. The minimum Gasteiger partial charge on any atom is -0.299 e. The minimum atomic E-state index is -3.56. The maximum atomic E-state index is 12.8. The van der Waals surface area contributed by atoms with Crippen LogP contribution < -0.4 is 4.72 Å². The number of likely N-dealkylation sites (tertiary alicyclic amines) is 1.